The van der Waals surface area contributed by atoms with Gasteiger partial charge in [-0.25, -0.2) is 4.98 Å². The van der Waals surface area contributed by atoms with E-state index in [1.165, 1.54) is 18.0 Å². The Kier molecular flexibility index (Phi) is 7.47. The number of carbonyl (C=O) groups is 3. The summed E-state index contributed by atoms with van der Waals surface area (Å²) in [5, 5.41) is 12.2. The first-order chi connectivity index (χ1) is 15.6. The summed E-state index contributed by atoms with van der Waals surface area (Å²) in [7, 11) is 0. The van der Waals surface area contributed by atoms with Crippen LogP contribution in [0, 0.1) is 5.92 Å². The van der Waals surface area contributed by atoms with Crippen LogP contribution in [0.2, 0.25) is 0 Å². The second-order valence-corrected chi connectivity index (χ2v) is 7.88. The summed E-state index contributed by atoms with van der Waals surface area (Å²) in [6, 6.07) is 9.35. The van der Waals surface area contributed by atoms with Gasteiger partial charge in [0.15, 0.2) is 0 Å². The second-order valence-electron chi connectivity index (χ2n) is 7.88. The van der Waals surface area contributed by atoms with Gasteiger partial charge in [0.1, 0.15) is 17.6 Å². The number of aliphatic hydroxyl groups excluding tert-OH is 1. The van der Waals surface area contributed by atoms with Crippen LogP contribution >= 0.6 is 0 Å². The number of fused-ring (bicyclic) bond motifs is 3. The molecule has 0 aliphatic carbocycles. The highest BCUT2D eigenvalue weighted by Gasteiger charge is 2.36. The third-order valence-corrected chi connectivity index (χ3v) is 5.40. The predicted molar refractivity (Wildman–Crippen MR) is 114 cm³/mol. The molecule has 2 amide bonds. The Balaban J connectivity index is 1.85. The van der Waals surface area contributed by atoms with Gasteiger partial charge in [0.05, 0.1) is 19.6 Å². The number of pyridine rings is 1. The minimum atomic E-state index is -4.45. The summed E-state index contributed by atoms with van der Waals surface area (Å²) < 4.78 is 37.1. The fourth-order valence-electron chi connectivity index (χ4n) is 3.77. The number of amides is 2. The average molecular weight is 463 g/mol. The lowest BCUT2D eigenvalue weighted by Crippen LogP contribution is -2.45. The van der Waals surface area contributed by atoms with Crippen LogP contribution in [0.4, 0.5) is 19.0 Å². The van der Waals surface area contributed by atoms with Gasteiger partial charge in [-0.05, 0) is 23.3 Å². The lowest BCUT2D eigenvalue weighted by Gasteiger charge is -2.26. The van der Waals surface area contributed by atoms with Gasteiger partial charge in [0.25, 0.3) is 5.91 Å². The summed E-state index contributed by atoms with van der Waals surface area (Å²) in [5.74, 6) is -2.41. The number of hydrogen-bond acceptors (Lipinski definition) is 5. The van der Waals surface area contributed by atoms with E-state index in [2.05, 4.69) is 10.3 Å². The van der Waals surface area contributed by atoms with Crippen molar-refractivity contribution in [1.82, 2.24) is 10.3 Å². The SMILES string of the molecule is C[C@@H](CC(=O)CCC(F)(F)F)C(=O)N[C@@H]1C(=O)N(CCO)c2ncccc2-c2ccccc21. The van der Waals surface area contributed by atoms with Crippen LogP contribution in [-0.4, -0.2) is 47.0 Å². The molecular formula is C23H24F3N3O4. The molecule has 2 N–H and O–H groups in total. The first kappa shape index (κ1) is 24.4. The molecule has 2 heterocycles. The predicted octanol–water partition coefficient (Wildman–Crippen LogP) is 3.18. The van der Waals surface area contributed by atoms with Gasteiger partial charge in [-0.3, -0.25) is 19.3 Å². The molecular weight excluding hydrogens is 439 g/mol. The minimum absolute atomic E-state index is 0.0469. The topological polar surface area (TPSA) is 99.6 Å². The number of aliphatic hydroxyl groups is 1. The number of Topliss-reactive ketones (excluding diaryl/α,β-unsaturated/α-hetero) is 1. The molecule has 7 nitrogen and oxygen atoms in total. The quantitative estimate of drug-likeness (QED) is 0.627. The standard InChI is InChI=1S/C23H24F3N3O4/c1-14(13-15(31)8-9-23(24,25)26)21(32)28-19-17-6-3-2-5-16(17)18-7-4-10-27-20(18)29(11-12-30)22(19)33/h2-7,10,14,19,30H,8-9,11-13H2,1H3,(H,28,32)/t14-,19-/m0/s1. The molecule has 0 saturated carbocycles. The number of β-amino-alcohol motifs (C(OH)–C–C–N with tert-alkyl or cyclic N) is 1. The second kappa shape index (κ2) is 10.1. The first-order valence-corrected chi connectivity index (χ1v) is 10.5. The third-order valence-electron chi connectivity index (χ3n) is 5.40. The number of nitrogens with one attached hydrogen (secondary N) is 1. The number of aromatic nitrogens is 1. The number of rotatable bonds is 8. The number of halogens is 3. The van der Waals surface area contributed by atoms with Gasteiger partial charge in [-0.15, -0.1) is 0 Å². The highest BCUT2D eigenvalue weighted by Crippen LogP contribution is 2.38. The van der Waals surface area contributed by atoms with Gasteiger partial charge in [-0.2, -0.15) is 13.2 Å². The molecule has 176 valence electrons. The molecule has 1 aromatic carbocycles. The van der Waals surface area contributed by atoms with E-state index < -0.39 is 48.6 Å². The molecule has 0 unspecified atom stereocenters. The van der Waals surface area contributed by atoms with E-state index in [1.54, 1.807) is 36.4 Å². The zero-order chi connectivity index (χ0) is 24.2. The van der Waals surface area contributed by atoms with Gasteiger partial charge < -0.3 is 10.4 Å². The molecule has 1 aromatic heterocycles. The first-order valence-electron chi connectivity index (χ1n) is 10.5. The third kappa shape index (κ3) is 5.75. The van der Waals surface area contributed by atoms with Gasteiger partial charge >= 0.3 is 6.18 Å². The number of anilines is 1. The minimum Gasteiger partial charge on any atom is -0.395 e. The van der Waals surface area contributed by atoms with E-state index in [0.717, 1.165) is 0 Å². The fraction of sp³-hybridized carbons (Fsp3) is 0.391. The van der Waals surface area contributed by atoms with E-state index in [9.17, 15) is 32.7 Å². The highest BCUT2D eigenvalue weighted by molar-refractivity contribution is 6.05. The number of nitrogens with zero attached hydrogens (tertiary/aromatic N) is 2. The largest absolute Gasteiger partial charge is 0.395 e. The maximum atomic E-state index is 13.4. The molecule has 1 aliphatic heterocycles. The molecule has 2 atom stereocenters. The van der Waals surface area contributed by atoms with Crippen LogP contribution in [0.15, 0.2) is 42.6 Å². The van der Waals surface area contributed by atoms with Crippen molar-refractivity contribution in [3.05, 3.63) is 48.2 Å². The van der Waals surface area contributed by atoms with Crippen LogP contribution in [-0.2, 0) is 14.4 Å². The molecule has 0 spiro atoms. The van der Waals surface area contributed by atoms with Gasteiger partial charge in [-0.1, -0.05) is 31.2 Å². The number of hydrogen-bond donors (Lipinski definition) is 2. The molecule has 0 radical (unpaired) electrons. The lowest BCUT2D eigenvalue weighted by molar-refractivity contribution is -0.144. The molecule has 0 fully saturated rings. The lowest BCUT2D eigenvalue weighted by atomic mass is 9.95. The van der Waals surface area contributed by atoms with E-state index in [1.807, 2.05) is 0 Å². The van der Waals surface area contributed by atoms with Gasteiger partial charge in [0.2, 0.25) is 5.91 Å². The summed E-state index contributed by atoms with van der Waals surface area (Å²) in [6.07, 6.45) is -5.23. The Morgan fingerprint density at radius 1 is 1.18 bits per heavy atom. The van der Waals surface area contributed by atoms with Crippen molar-refractivity contribution in [3.63, 3.8) is 0 Å². The summed E-state index contributed by atoms with van der Waals surface area (Å²) in [4.78, 5) is 43.8. The summed E-state index contributed by atoms with van der Waals surface area (Å²) in [6.45, 7) is 1.05. The highest BCUT2D eigenvalue weighted by atomic mass is 19.4. The van der Waals surface area contributed by atoms with E-state index in [-0.39, 0.29) is 19.6 Å². The van der Waals surface area contributed by atoms with Crippen molar-refractivity contribution >= 4 is 23.4 Å². The van der Waals surface area contributed by atoms with Crippen LogP contribution in [0.25, 0.3) is 11.1 Å². The Morgan fingerprint density at radius 3 is 2.58 bits per heavy atom. The summed E-state index contributed by atoms with van der Waals surface area (Å²) in [5.41, 5.74) is 1.84. The molecule has 33 heavy (non-hydrogen) atoms. The molecule has 3 rings (SSSR count). The number of alkyl halides is 3. The van der Waals surface area contributed by atoms with Crippen LogP contribution in [0.3, 0.4) is 0 Å². The van der Waals surface area contributed by atoms with Gasteiger partial charge in [0, 0.05) is 30.5 Å². The molecule has 0 bridgehead atoms. The van der Waals surface area contributed by atoms with Crippen molar-refractivity contribution in [2.45, 2.75) is 38.4 Å². The Bertz CT molecular complexity index is 1040. The Hall–Kier alpha value is -3.27. The Morgan fingerprint density at radius 2 is 1.88 bits per heavy atom. The number of carbonyl (C=O) groups excluding carboxylic acids is 3. The zero-order valence-electron chi connectivity index (χ0n) is 17.9. The van der Waals surface area contributed by atoms with Crippen molar-refractivity contribution in [1.29, 1.82) is 0 Å². The van der Waals surface area contributed by atoms with Crippen LogP contribution in [0.1, 0.15) is 37.8 Å². The molecule has 0 saturated heterocycles. The zero-order valence-corrected chi connectivity index (χ0v) is 17.9. The van der Waals surface area contributed by atoms with E-state index >= 15 is 0 Å². The van der Waals surface area contributed by atoms with Crippen molar-refractivity contribution in [3.8, 4) is 11.1 Å². The van der Waals surface area contributed by atoms with Crippen molar-refractivity contribution < 1.29 is 32.7 Å². The van der Waals surface area contributed by atoms with Crippen molar-refractivity contribution in [2.75, 3.05) is 18.1 Å². The smallest absolute Gasteiger partial charge is 0.389 e. The number of ketones is 1. The van der Waals surface area contributed by atoms with E-state index in [4.69, 9.17) is 0 Å². The fourth-order valence-corrected chi connectivity index (χ4v) is 3.77. The Labute approximate surface area is 188 Å². The van der Waals surface area contributed by atoms with E-state index in [0.29, 0.717) is 22.5 Å². The maximum Gasteiger partial charge on any atom is 0.389 e. The maximum absolute atomic E-state index is 13.4. The molecule has 1 aliphatic rings. The normalized spacial score (nSPS) is 16.5. The van der Waals surface area contributed by atoms with Crippen LogP contribution < -0.4 is 10.2 Å². The average Bonchev–Trinajstić information content (AvgIpc) is 2.87. The van der Waals surface area contributed by atoms with Crippen LogP contribution in [0.5, 0.6) is 0 Å². The molecule has 2 aromatic rings. The van der Waals surface area contributed by atoms with Crippen molar-refractivity contribution in [2.24, 2.45) is 5.92 Å². The number of benzene rings is 1. The molecule has 10 heteroatoms. The summed E-state index contributed by atoms with van der Waals surface area (Å²) >= 11 is 0. The monoisotopic (exact) mass is 463 g/mol.